The SMILES string of the molecule is CC[C@@]1(CC=O)CCC(NC2CCCC2)[C@@]12NCCc1c2[nH]c2c1=CCC=2. The standard InChI is InChI=1S/C23H33N3O/c1-2-22(13-15-27)12-10-20(25-16-6-3-4-7-16)23(22)21-18(11-14-24-23)17-8-5-9-19(17)26-21/h8-9,15-16,20,24-26H,2-7,10-14H2,1H3/t20?,22-,23-/m0/s1. The van der Waals surface area contributed by atoms with Gasteiger partial charge in [0.1, 0.15) is 6.29 Å². The van der Waals surface area contributed by atoms with Crippen LogP contribution in [-0.2, 0) is 16.8 Å². The Morgan fingerprint density at radius 2 is 2.11 bits per heavy atom. The molecule has 0 radical (unpaired) electrons. The first-order valence-corrected chi connectivity index (χ1v) is 11.1. The third-order valence-corrected chi connectivity index (χ3v) is 8.21. The lowest BCUT2D eigenvalue weighted by Crippen LogP contribution is -2.65. The van der Waals surface area contributed by atoms with E-state index in [0.717, 1.165) is 38.6 Å². The molecule has 0 saturated heterocycles. The lowest BCUT2D eigenvalue weighted by Gasteiger charge is -2.51. The minimum Gasteiger partial charge on any atom is -0.357 e. The van der Waals surface area contributed by atoms with Crippen molar-refractivity contribution in [1.29, 1.82) is 0 Å². The van der Waals surface area contributed by atoms with E-state index in [1.807, 2.05) is 0 Å². The number of carbonyl (C=O) groups is 1. The lowest BCUT2D eigenvalue weighted by molar-refractivity contribution is -0.111. The number of hydrogen-bond acceptors (Lipinski definition) is 3. The van der Waals surface area contributed by atoms with Crippen molar-refractivity contribution < 1.29 is 4.79 Å². The summed E-state index contributed by atoms with van der Waals surface area (Å²) in [5.74, 6) is 0. The van der Waals surface area contributed by atoms with Crippen LogP contribution in [0.15, 0.2) is 0 Å². The molecule has 4 aliphatic rings. The highest BCUT2D eigenvalue weighted by molar-refractivity contribution is 5.55. The molecule has 3 N–H and O–H groups in total. The molecule has 3 aliphatic carbocycles. The highest BCUT2D eigenvalue weighted by Gasteiger charge is 2.62. The Hall–Kier alpha value is -1.39. The fourth-order valence-electron chi connectivity index (χ4n) is 6.89. The molecule has 2 fully saturated rings. The predicted molar refractivity (Wildman–Crippen MR) is 109 cm³/mol. The van der Waals surface area contributed by atoms with E-state index >= 15 is 0 Å². The maximum Gasteiger partial charge on any atom is 0.120 e. The second kappa shape index (κ2) is 6.59. The summed E-state index contributed by atoms with van der Waals surface area (Å²) in [6.45, 7) is 3.29. The zero-order valence-corrected chi connectivity index (χ0v) is 16.6. The molecule has 4 nitrogen and oxygen atoms in total. The highest BCUT2D eigenvalue weighted by atomic mass is 16.1. The molecule has 0 amide bonds. The third-order valence-electron chi connectivity index (χ3n) is 8.21. The number of carbonyl (C=O) groups excluding carboxylic acids is 1. The van der Waals surface area contributed by atoms with Crippen LogP contribution in [-0.4, -0.2) is 29.9 Å². The second-order valence-electron chi connectivity index (χ2n) is 9.18. The Balaban J connectivity index is 1.66. The van der Waals surface area contributed by atoms with Gasteiger partial charge in [-0.2, -0.15) is 0 Å². The Morgan fingerprint density at radius 3 is 2.89 bits per heavy atom. The predicted octanol–water partition coefficient (Wildman–Crippen LogP) is 2.00. The van der Waals surface area contributed by atoms with Crippen LogP contribution >= 0.6 is 0 Å². The molecule has 5 rings (SSSR count). The molecule has 1 aromatic heterocycles. The van der Waals surface area contributed by atoms with E-state index in [-0.39, 0.29) is 11.0 Å². The summed E-state index contributed by atoms with van der Waals surface area (Å²) in [6, 6.07) is 1.04. The molecule has 2 saturated carbocycles. The average Bonchev–Trinajstić information content (AvgIpc) is 3.44. The number of hydrogen-bond donors (Lipinski definition) is 3. The molecule has 3 atom stereocenters. The van der Waals surface area contributed by atoms with Crippen LogP contribution in [0.3, 0.4) is 0 Å². The highest BCUT2D eigenvalue weighted by Crippen LogP contribution is 2.57. The van der Waals surface area contributed by atoms with Gasteiger partial charge in [0.25, 0.3) is 0 Å². The number of aromatic amines is 1. The smallest absolute Gasteiger partial charge is 0.120 e. The van der Waals surface area contributed by atoms with Gasteiger partial charge in [-0.1, -0.05) is 31.9 Å². The molecule has 2 heterocycles. The Kier molecular flexibility index (Phi) is 4.32. The van der Waals surface area contributed by atoms with Gasteiger partial charge in [-0.3, -0.25) is 0 Å². The molecule has 4 heteroatoms. The fourth-order valence-corrected chi connectivity index (χ4v) is 6.89. The summed E-state index contributed by atoms with van der Waals surface area (Å²) in [5, 5.41) is 10.8. The number of aromatic nitrogens is 1. The minimum absolute atomic E-state index is 0.00121. The molecular formula is C23H33N3O. The minimum atomic E-state index is -0.148. The van der Waals surface area contributed by atoms with Gasteiger partial charge in [0.2, 0.25) is 0 Å². The van der Waals surface area contributed by atoms with Gasteiger partial charge >= 0.3 is 0 Å². The average molecular weight is 368 g/mol. The van der Waals surface area contributed by atoms with E-state index < -0.39 is 0 Å². The van der Waals surface area contributed by atoms with Gasteiger partial charge in [0.05, 0.1) is 5.54 Å². The molecular weight excluding hydrogens is 334 g/mol. The van der Waals surface area contributed by atoms with Crippen LogP contribution in [0.4, 0.5) is 0 Å². The zero-order valence-electron chi connectivity index (χ0n) is 16.6. The van der Waals surface area contributed by atoms with Crippen molar-refractivity contribution >= 4 is 18.4 Å². The first-order chi connectivity index (χ1) is 13.2. The molecule has 0 aromatic carbocycles. The molecule has 146 valence electrons. The maximum absolute atomic E-state index is 11.8. The zero-order chi connectivity index (χ0) is 18.5. The summed E-state index contributed by atoms with van der Waals surface area (Å²) in [5.41, 5.74) is 2.76. The first kappa shape index (κ1) is 17.7. The van der Waals surface area contributed by atoms with Gasteiger partial charge < -0.3 is 20.4 Å². The Labute approximate surface area is 161 Å². The van der Waals surface area contributed by atoms with Crippen LogP contribution in [0, 0.1) is 5.41 Å². The van der Waals surface area contributed by atoms with Crippen LogP contribution in [0.1, 0.15) is 76.0 Å². The number of rotatable bonds is 5. The third kappa shape index (κ3) is 2.39. The van der Waals surface area contributed by atoms with E-state index in [2.05, 4.69) is 34.7 Å². The van der Waals surface area contributed by atoms with Gasteiger partial charge in [0.15, 0.2) is 0 Å². The molecule has 1 unspecified atom stereocenters. The summed E-state index contributed by atoms with van der Waals surface area (Å²) in [6.07, 6.45) is 17.3. The van der Waals surface area contributed by atoms with Gasteiger partial charge in [-0.05, 0) is 55.7 Å². The van der Waals surface area contributed by atoms with Gasteiger partial charge in [-0.15, -0.1) is 0 Å². The molecule has 1 aromatic rings. The second-order valence-corrected chi connectivity index (χ2v) is 9.18. The topological polar surface area (TPSA) is 56.9 Å². The van der Waals surface area contributed by atoms with Crippen LogP contribution < -0.4 is 21.2 Å². The van der Waals surface area contributed by atoms with Crippen molar-refractivity contribution in [2.75, 3.05) is 6.54 Å². The van der Waals surface area contributed by atoms with Crippen molar-refractivity contribution in [2.45, 2.75) is 88.8 Å². The van der Waals surface area contributed by atoms with Crippen molar-refractivity contribution in [3.05, 3.63) is 21.8 Å². The first-order valence-electron chi connectivity index (χ1n) is 11.1. The summed E-state index contributed by atoms with van der Waals surface area (Å²) in [4.78, 5) is 15.6. The van der Waals surface area contributed by atoms with E-state index in [1.165, 1.54) is 53.8 Å². The van der Waals surface area contributed by atoms with E-state index in [4.69, 9.17) is 0 Å². The quantitative estimate of drug-likeness (QED) is 0.698. The van der Waals surface area contributed by atoms with Crippen molar-refractivity contribution in [2.24, 2.45) is 5.41 Å². The normalized spacial score (nSPS) is 35.1. The van der Waals surface area contributed by atoms with Gasteiger partial charge in [0, 0.05) is 41.5 Å². The van der Waals surface area contributed by atoms with Crippen LogP contribution in [0.2, 0.25) is 0 Å². The number of nitrogens with one attached hydrogen (secondary N) is 3. The van der Waals surface area contributed by atoms with Crippen LogP contribution in [0.25, 0.3) is 12.2 Å². The number of H-pyrrole nitrogens is 1. The van der Waals surface area contributed by atoms with Gasteiger partial charge in [-0.25, -0.2) is 0 Å². The number of aldehydes is 1. The number of fused-ring (bicyclic) bond motifs is 4. The monoisotopic (exact) mass is 367 g/mol. The molecule has 1 aliphatic heterocycles. The molecule has 1 spiro atoms. The summed E-state index contributed by atoms with van der Waals surface area (Å²) in [7, 11) is 0. The van der Waals surface area contributed by atoms with Crippen molar-refractivity contribution in [3.8, 4) is 0 Å². The molecule has 0 bridgehead atoms. The fraction of sp³-hybridized carbons (Fsp3) is 0.696. The largest absolute Gasteiger partial charge is 0.357 e. The van der Waals surface area contributed by atoms with E-state index in [9.17, 15) is 4.79 Å². The van der Waals surface area contributed by atoms with Crippen molar-refractivity contribution in [1.82, 2.24) is 15.6 Å². The maximum atomic E-state index is 11.8. The summed E-state index contributed by atoms with van der Waals surface area (Å²) < 4.78 is 0. The Bertz CT molecular complexity index is 850. The van der Waals surface area contributed by atoms with Crippen LogP contribution in [0.5, 0.6) is 0 Å². The van der Waals surface area contributed by atoms with Crippen molar-refractivity contribution in [3.63, 3.8) is 0 Å². The lowest BCUT2D eigenvalue weighted by atomic mass is 9.63. The van der Waals surface area contributed by atoms with E-state index in [1.54, 1.807) is 0 Å². The summed E-state index contributed by atoms with van der Waals surface area (Å²) >= 11 is 0. The molecule has 27 heavy (non-hydrogen) atoms. The Morgan fingerprint density at radius 1 is 1.26 bits per heavy atom. The van der Waals surface area contributed by atoms with E-state index in [0.29, 0.717) is 18.5 Å².